The Morgan fingerprint density at radius 3 is 2.71 bits per heavy atom. The van der Waals surface area contributed by atoms with Crippen LogP contribution in [-0.2, 0) is 33.7 Å². The minimum Gasteiger partial charge on any atom is -0.456 e. The van der Waals surface area contributed by atoms with E-state index >= 15 is 0 Å². The highest BCUT2D eigenvalue weighted by atomic mass is 32.1. The van der Waals surface area contributed by atoms with Gasteiger partial charge in [0.15, 0.2) is 6.61 Å². The number of carbonyl (C=O) groups excluding carboxylic acids is 3. The summed E-state index contributed by atoms with van der Waals surface area (Å²) in [4.78, 5) is 48.4. The summed E-state index contributed by atoms with van der Waals surface area (Å²) in [6.45, 7) is 1.53. The molecule has 2 heterocycles. The van der Waals surface area contributed by atoms with Crippen LogP contribution in [0, 0.1) is 6.92 Å². The van der Waals surface area contributed by atoms with Crippen LogP contribution in [0.25, 0.3) is 0 Å². The van der Waals surface area contributed by atoms with Gasteiger partial charge in [0.1, 0.15) is 5.00 Å². The van der Waals surface area contributed by atoms with Crippen LogP contribution in [-0.4, -0.2) is 29.0 Å². The minimum absolute atomic E-state index is 0.00933. The maximum absolute atomic E-state index is 12.2. The summed E-state index contributed by atoms with van der Waals surface area (Å²) in [6.07, 6.45) is 3.67. The van der Waals surface area contributed by atoms with Gasteiger partial charge in [-0.05, 0) is 38.2 Å². The highest BCUT2D eigenvalue weighted by Gasteiger charge is 2.25. The number of aryl methyl sites for hydroxylation is 2. The molecule has 0 radical (unpaired) electrons. The quantitative estimate of drug-likeness (QED) is 0.658. The molecule has 0 aliphatic heterocycles. The Labute approximate surface area is 169 Å². The van der Waals surface area contributed by atoms with Gasteiger partial charge in [-0.1, -0.05) is 11.3 Å². The molecule has 0 fully saturated rings. The van der Waals surface area contributed by atoms with E-state index in [1.165, 1.54) is 15.9 Å². The summed E-state index contributed by atoms with van der Waals surface area (Å²) in [5.74, 6) is -1.67. The molecule has 0 bridgehead atoms. The lowest BCUT2D eigenvalue weighted by atomic mass is 9.95. The first kappa shape index (κ1) is 20.3. The second-order valence-electron chi connectivity index (χ2n) is 6.53. The van der Waals surface area contributed by atoms with Crippen molar-refractivity contribution in [2.75, 3.05) is 11.9 Å². The van der Waals surface area contributed by atoms with Crippen molar-refractivity contribution in [1.82, 2.24) is 4.57 Å². The zero-order valence-corrected chi connectivity index (χ0v) is 17.0. The predicted molar refractivity (Wildman–Crippen MR) is 107 cm³/mol. The number of primary amides is 1. The molecule has 0 spiro atoms. The largest absolute Gasteiger partial charge is 0.456 e. The van der Waals surface area contributed by atoms with Crippen LogP contribution in [0.1, 0.15) is 45.8 Å². The van der Waals surface area contributed by atoms with Crippen molar-refractivity contribution in [2.24, 2.45) is 5.73 Å². The van der Waals surface area contributed by atoms with Crippen LogP contribution in [0.2, 0.25) is 0 Å². The molecule has 3 N–H and O–H groups in total. The van der Waals surface area contributed by atoms with Crippen LogP contribution in [0.3, 0.4) is 0 Å². The number of nitrogens with two attached hydrogens (primary N) is 1. The Morgan fingerprint density at radius 1 is 1.29 bits per heavy atom. The first-order valence-corrected chi connectivity index (χ1v) is 10.6. The van der Waals surface area contributed by atoms with E-state index in [-0.39, 0.29) is 17.8 Å². The molecule has 0 saturated heterocycles. The Bertz CT molecular complexity index is 973. The van der Waals surface area contributed by atoms with Crippen LogP contribution in [0.5, 0.6) is 0 Å². The number of nitrogens with zero attached hydrogens (tertiary/aromatic N) is 1. The molecule has 8 nitrogen and oxygen atoms in total. The molecule has 1 aliphatic carbocycles. The molecule has 28 heavy (non-hydrogen) atoms. The predicted octanol–water partition coefficient (Wildman–Crippen LogP) is 1.83. The fourth-order valence-electron chi connectivity index (χ4n) is 3.17. The number of nitrogens with one attached hydrogen (secondary N) is 1. The molecular formula is C18H21N3O5S2. The number of thiazole rings is 1. The molecule has 0 atom stereocenters. The van der Waals surface area contributed by atoms with Gasteiger partial charge in [0.05, 0.1) is 12.0 Å². The number of aromatic nitrogens is 1. The number of ether oxygens (including phenoxy) is 1. The van der Waals surface area contributed by atoms with E-state index in [1.807, 2.05) is 0 Å². The molecule has 1 aliphatic rings. The van der Waals surface area contributed by atoms with Gasteiger partial charge in [-0.25, -0.2) is 0 Å². The van der Waals surface area contributed by atoms with Gasteiger partial charge in [0, 0.05) is 22.5 Å². The molecule has 150 valence electrons. The third-order valence-electron chi connectivity index (χ3n) is 4.55. The second-order valence-corrected chi connectivity index (χ2v) is 8.46. The molecule has 0 unspecified atom stereocenters. The Morgan fingerprint density at radius 2 is 2.04 bits per heavy atom. The maximum Gasteiger partial charge on any atom is 0.308 e. The molecule has 10 heteroatoms. The smallest absolute Gasteiger partial charge is 0.308 e. The van der Waals surface area contributed by atoms with Crippen molar-refractivity contribution < 1.29 is 19.1 Å². The molecule has 2 aromatic heterocycles. The number of rotatable bonds is 7. The zero-order chi connectivity index (χ0) is 20.3. The summed E-state index contributed by atoms with van der Waals surface area (Å²) in [7, 11) is 0. The van der Waals surface area contributed by atoms with E-state index in [1.54, 1.807) is 12.3 Å². The average molecular weight is 424 g/mol. The number of thiophene rings is 1. The van der Waals surface area contributed by atoms with E-state index in [9.17, 15) is 19.2 Å². The Hall–Kier alpha value is -2.46. The fourth-order valence-corrected chi connectivity index (χ4v) is 5.25. The number of esters is 1. The average Bonchev–Trinajstić information content (AvgIpc) is 3.17. The maximum atomic E-state index is 12.2. The lowest BCUT2D eigenvalue weighted by Crippen LogP contribution is -2.24. The van der Waals surface area contributed by atoms with Crippen molar-refractivity contribution in [3.05, 3.63) is 36.7 Å². The Kier molecular flexibility index (Phi) is 6.30. The molecular weight excluding hydrogens is 402 g/mol. The zero-order valence-electron chi connectivity index (χ0n) is 15.4. The summed E-state index contributed by atoms with van der Waals surface area (Å²) < 4.78 is 6.47. The summed E-state index contributed by atoms with van der Waals surface area (Å²) in [6, 6.07) is 0. The van der Waals surface area contributed by atoms with Crippen molar-refractivity contribution in [3.63, 3.8) is 0 Å². The van der Waals surface area contributed by atoms with Gasteiger partial charge in [-0.3, -0.25) is 19.2 Å². The van der Waals surface area contributed by atoms with Gasteiger partial charge in [0.25, 0.3) is 11.8 Å². The summed E-state index contributed by atoms with van der Waals surface area (Å²) >= 11 is 2.43. The number of hydrogen-bond acceptors (Lipinski definition) is 7. The van der Waals surface area contributed by atoms with Gasteiger partial charge in [-0.15, -0.1) is 11.3 Å². The minimum atomic E-state index is -0.576. The van der Waals surface area contributed by atoms with Crippen LogP contribution in [0.15, 0.2) is 10.2 Å². The first-order valence-electron chi connectivity index (χ1n) is 8.91. The van der Waals surface area contributed by atoms with Crippen molar-refractivity contribution in [1.29, 1.82) is 0 Å². The van der Waals surface area contributed by atoms with E-state index in [0.717, 1.165) is 53.2 Å². The summed E-state index contributed by atoms with van der Waals surface area (Å²) in [5.41, 5.74) is 7.57. The van der Waals surface area contributed by atoms with Crippen molar-refractivity contribution in [2.45, 2.75) is 45.6 Å². The molecule has 2 amide bonds. The van der Waals surface area contributed by atoms with Crippen LogP contribution >= 0.6 is 22.7 Å². The van der Waals surface area contributed by atoms with E-state index in [4.69, 9.17) is 10.5 Å². The third-order valence-corrected chi connectivity index (χ3v) is 6.64. The third kappa shape index (κ3) is 4.50. The van der Waals surface area contributed by atoms with E-state index in [2.05, 4.69) is 5.32 Å². The highest BCUT2D eigenvalue weighted by molar-refractivity contribution is 7.17. The topological polar surface area (TPSA) is 120 Å². The van der Waals surface area contributed by atoms with E-state index in [0.29, 0.717) is 10.6 Å². The summed E-state index contributed by atoms with van der Waals surface area (Å²) in [5, 5.41) is 4.78. The molecule has 0 aromatic carbocycles. The van der Waals surface area contributed by atoms with Gasteiger partial charge in [-0.2, -0.15) is 0 Å². The monoisotopic (exact) mass is 423 g/mol. The molecule has 2 aromatic rings. The van der Waals surface area contributed by atoms with Gasteiger partial charge in [0.2, 0.25) is 0 Å². The van der Waals surface area contributed by atoms with Crippen LogP contribution < -0.4 is 15.9 Å². The Balaban J connectivity index is 1.54. The van der Waals surface area contributed by atoms with Crippen LogP contribution in [0.4, 0.5) is 5.00 Å². The highest BCUT2D eigenvalue weighted by Crippen LogP contribution is 2.37. The number of hydrogen-bond donors (Lipinski definition) is 2. The van der Waals surface area contributed by atoms with Crippen molar-refractivity contribution >= 4 is 45.5 Å². The second kappa shape index (κ2) is 8.70. The lowest BCUT2D eigenvalue weighted by Gasteiger charge is -2.11. The number of carbonyl (C=O) groups is 3. The fraction of sp³-hybridized carbons (Fsp3) is 0.444. The van der Waals surface area contributed by atoms with Gasteiger partial charge < -0.3 is 20.4 Å². The van der Waals surface area contributed by atoms with E-state index < -0.39 is 24.4 Å². The number of amides is 2. The molecule has 3 rings (SSSR count). The van der Waals surface area contributed by atoms with Gasteiger partial charge >= 0.3 is 10.8 Å². The number of anilines is 1. The first-order chi connectivity index (χ1) is 13.4. The van der Waals surface area contributed by atoms with Crippen molar-refractivity contribution in [3.8, 4) is 0 Å². The SMILES string of the molecule is Cc1csc(=O)n1CCC(=O)OCC(=O)Nc1sc2c(c1C(N)=O)CCCC2. The molecule has 0 saturated carbocycles. The lowest BCUT2D eigenvalue weighted by molar-refractivity contribution is -0.147. The standard InChI is InChI=1S/C18H21N3O5S2/c1-10-9-27-18(25)21(10)7-6-14(23)26-8-13(22)20-17-15(16(19)24)11-4-2-3-5-12(11)28-17/h9H,2-8H2,1H3,(H2,19,24)(H,20,22). The normalized spacial score (nSPS) is 13.0. The number of fused-ring (bicyclic) bond motifs is 1.